The first-order chi connectivity index (χ1) is 11.0. The van der Waals surface area contributed by atoms with Gasteiger partial charge in [0.1, 0.15) is 5.75 Å². The quantitative estimate of drug-likeness (QED) is 0.874. The van der Waals surface area contributed by atoms with Crippen molar-refractivity contribution in [2.45, 2.75) is 40.5 Å². The second-order valence-electron chi connectivity index (χ2n) is 6.37. The van der Waals surface area contributed by atoms with Gasteiger partial charge in [-0.3, -0.25) is 9.59 Å². The number of benzene rings is 1. The molecule has 0 aromatic heterocycles. The van der Waals surface area contributed by atoms with Crippen LogP contribution in [0.25, 0.3) is 0 Å². The Kier molecular flexibility index (Phi) is 5.64. The monoisotopic (exact) mass is 318 g/mol. The zero-order chi connectivity index (χ0) is 17.0. The van der Waals surface area contributed by atoms with E-state index in [0.717, 1.165) is 18.5 Å². The van der Waals surface area contributed by atoms with Gasteiger partial charge in [-0.25, -0.2) is 0 Å². The van der Waals surface area contributed by atoms with Gasteiger partial charge in [0.15, 0.2) is 6.61 Å². The standard InChI is InChI=1S/C18H26N2O3/c1-5-13(6-2)18(22)19-14-7-8-16-15(9-14)20(10-12(3)4)17(21)11-23-16/h7-9,12-13H,5-6,10-11H2,1-4H3,(H,19,22). The molecule has 0 radical (unpaired) electrons. The maximum atomic E-state index is 12.2. The fourth-order valence-corrected chi connectivity index (χ4v) is 2.75. The van der Waals surface area contributed by atoms with E-state index in [1.165, 1.54) is 0 Å². The van der Waals surface area contributed by atoms with Crippen LogP contribution in [0, 0.1) is 11.8 Å². The molecule has 5 nitrogen and oxygen atoms in total. The van der Waals surface area contributed by atoms with E-state index < -0.39 is 0 Å². The Bertz CT molecular complexity index is 580. The number of fused-ring (bicyclic) bond motifs is 1. The summed E-state index contributed by atoms with van der Waals surface area (Å²) in [6.07, 6.45) is 1.63. The number of nitrogens with zero attached hydrogens (tertiary/aromatic N) is 1. The van der Waals surface area contributed by atoms with Crippen molar-refractivity contribution in [3.63, 3.8) is 0 Å². The molecule has 1 aliphatic heterocycles. The summed E-state index contributed by atoms with van der Waals surface area (Å²) in [6.45, 7) is 8.87. The van der Waals surface area contributed by atoms with Crippen LogP contribution >= 0.6 is 0 Å². The Morgan fingerprint density at radius 2 is 2.00 bits per heavy atom. The summed E-state index contributed by atoms with van der Waals surface area (Å²) in [4.78, 5) is 26.1. The van der Waals surface area contributed by atoms with Crippen LogP contribution in [0.4, 0.5) is 11.4 Å². The number of rotatable bonds is 6. The van der Waals surface area contributed by atoms with E-state index in [1.54, 1.807) is 4.90 Å². The highest BCUT2D eigenvalue weighted by molar-refractivity contribution is 5.99. The smallest absolute Gasteiger partial charge is 0.265 e. The number of hydrogen-bond donors (Lipinski definition) is 1. The van der Waals surface area contributed by atoms with E-state index in [9.17, 15) is 9.59 Å². The molecular weight excluding hydrogens is 292 g/mol. The average molecular weight is 318 g/mol. The van der Waals surface area contributed by atoms with E-state index in [1.807, 2.05) is 32.0 Å². The molecular formula is C18H26N2O3. The van der Waals surface area contributed by atoms with E-state index in [0.29, 0.717) is 23.9 Å². The fraction of sp³-hybridized carbons (Fsp3) is 0.556. The molecule has 5 heteroatoms. The minimum atomic E-state index is -0.0466. The Balaban J connectivity index is 2.24. The van der Waals surface area contributed by atoms with Gasteiger partial charge in [0.05, 0.1) is 5.69 Å². The van der Waals surface area contributed by atoms with E-state index >= 15 is 0 Å². The van der Waals surface area contributed by atoms with Gasteiger partial charge in [-0.15, -0.1) is 0 Å². The van der Waals surface area contributed by atoms with Crippen LogP contribution in [0.15, 0.2) is 18.2 Å². The third kappa shape index (κ3) is 4.03. The molecule has 1 heterocycles. The molecule has 1 aromatic rings. The minimum absolute atomic E-state index is 0.00989. The van der Waals surface area contributed by atoms with Crippen molar-refractivity contribution < 1.29 is 14.3 Å². The Hall–Kier alpha value is -2.04. The van der Waals surface area contributed by atoms with Gasteiger partial charge in [0.25, 0.3) is 5.91 Å². The summed E-state index contributed by atoms with van der Waals surface area (Å²) >= 11 is 0. The second-order valence-corrected chi connectivity index (χ2v) is 6.37. The number of amides is 2. The lowest BCUT2D eigenvalue weighted by Gasteiger charge is -2.31. The van der Waals surface area contributed by atoms with Gasteiger partial charge in [0, 0.05) is 18.2 Å². The topological polar surface area (TPSA) is 58.6 Å². The molecule has 0 atom stereocenters. The molecule has 2 amide bonds. The van der Waals surface area contributed by atoms with Crippen LogP contribution < -0.4 is 15.0 Å². The zero-order valence-electron chi connectivity index (χ0n) is 14.4. The molecule has 1 aliphatic rings. The molecule has 0 fully saturated rings. The molecule has 126 valence electrons. The van der Waals surface area contributed by atoms with Crippen LogP contribution in [-0.2, 0) is 9.59 Å². The summed E-state index contributed by atoms with van der Waals surface area (Å²) in [5.74, 6) is 1.03. The molecule has 0 saturated heterocycles. The maximum Gasteiger partial charge on any atom is 0.265 e. The van der Waals surface area contributed by atoms with Crippen molar-refractivity contribution in [1.82, 2.24) is 0 Å². The van der Waals surface area contributed by atoms with Crippen molar-refractivity contribution in [2.24, 2.45) is 11.8 Å². The van der Waals surface area contributed by atoms with Crippen LogP contribution in [0.5, 0.6) is 5.75 Å². The number of nitrogens with one attached hydrogen (secondary N) is 1. The van der Waals surface area contributed by atoms with Gasteiger partial charge in [-0.2, -0.15) is 0 Å². The first-order valence-corrected chi connectivity index (χ1v) is 8.34. The van der Waals surface area contributed by atoms with Gasteiger partial charge < -0.3 is 15.0 Å². The van der Waals surface area contributed by atoms with Crippen molar-refractivity contribution >= 4 is 23.2 Å². The van der Waals surface area contributed by atoms with Gasteiger partial charge >= 0.3 is 0 Å². The van der Waals surface area contributed by atoms with E-state index in [2.05, 4.69) is 19.2 Å². The Morgan fingerprint density at radius 1 is 1.30 bits per heavy atom. The third-order valence-corrected chi connectivity index (χ3v) is 4.07. The summed E-state index contributed by atoms with van der Waals surface area (Å²) in [5, 5.41) is 2.95. The highest BCUT2D eigenvalue weighted by atomic mass is 16.5. The summed E-state index contributed by atoms with van der Waals surface area (Å²) in [7, 11) is 0. The number of anilines is 2. The molecule has 0 unspecified atom stereocenters. The summed E-state index contributed by atoms with van der Waals surface area (Å²) in [5.41, 5.74) is 1.44. The third-order valence-electron chi connectivity index (χ3n) is 4.07. The Labute approximate surface area is 138 Å². The molecule has 0 bridgehead atoms. The van der Waals surface area contributed by atoms with Crippen LogP contribution in [0.3, 0.4) is 0 Å². The van der Waals surface area contributed by atoms with Crippen LogP contribution in [0.1, 0.15) is 40.5 Å². The highest BCUT2D eigenvalue weighted by Crippen LogP contribution is 2.35. The maximum absolute atomic E-state index is 12.2. The highest BCUT2D eigenvalue weighted by Gasteiger charge is 2.26. The summed E-state index contributed by atoms with van der Waals surface area (Å²) in [6, 6.07) is 5.47. The first kappa shape index (κ1) is 17.3. The largest absolute Gasteiger partial charge is 0.482 e. The SMILES string of the molecule is CCC(CC)C(=O)Nc1ccc2c(c1)N(CC(C)C)C(=O)CO2. The predicted molar refractivity (Wildman–Crippen MR) is 91.8 cm³/mol. The lowest BCUT2D eigenvalue weighted by molar-refractivity contribution is -0.121. The minimum Gasteiger partial charge on any atom is -0.482 e. The molecule has 0 aliphatic carbocycles. The van der Waals surface area contributed by atoms with Crippen molar-refractivity contribution in [3.05, 3.63) is 18.2 Å². The van der Waals surface area contributed by atoms with E-state index in [-0.39, 0.29) is 24.3 Å². The predicted octanol–water partition coefficient (Wildman–Crippen LogP) is 3.44. The van der Waals surface area contributed by atoms with Gasteiger partial charge in [-0.05, 0) is 37.0 Å². The van der Waals surface area contributed by atoms with Crippen LogP contribution in [0.2, 0.25) is 0 Å². The van der Waals surface area contributed by atoms with Crippen LogP contribution in [-0.4, -0.2) is 25.0 Å². The first-order valence-electron chi connectivity index (χ1n) is 8.34. The van der Waals surface area contributed by atoms with Crippen molar-refractivity contribution in [2.75, 3.05) is 23.4 Å². The molecule has 1 aromatic carbocycles. The second kappa shape index (κ2) is 7.49. The molecule has 1 N–H and O–H groups in total. The van der Waals surface area contributed by atoms with Gasteiger partial charge in [-0.1, -0.05) is 27.7 Å². The van der Waals surface area contributed by atoms with E-state index in [4.69, 9.17) is 4.74 Å². The molecule has 0 saturated carbocycles. The fourth-order valence-electron chi connectivity index (χ4n) is 2.75. The lowest BCUT2D eigenvalue weighted by atomic mass is 10.0. The normalized spacial score (nSPS) is 14.0. The molecule has 2 rings (SSSR count). The molecule has 0 spiro atoms. The van der Waals surface area contributed by atoms with Crippen molar-refractivity contribution in [1.29, 1.82) is 0 Å². The Morgan fingerprint density at radius 3 is 2.61 bits per heavy atom. The number of carbonyl (C=O) groups is 2. The number of carbonyl (C=O) groups excluding carboxylic acids is 2. The summed E-state index contributed by atoms with van der Waals surface area (Å²) < 4.78 is 5.49. The van der Waals surface area contributed by atoms with Gasteiger partial charge in [0.2, 0.25) is 5.91 Å². The lowest BCUT2D eigenvalue weighted by Crippen LogP contribution is -2.41. The average Bonchev–Trinajstić information content (AvgIpc) is 2.51. The number of ether oxygens (including phenoxy) is 1. The number of hydrogen-bond acceptors (Lipinski definition) is 3. The zero-order valence-corrected chi connectivity index (χ0v) is 14.4. The molecule has 23 heavy (non-hydrogen) atoms. The van der Waals surface area contributed by atoms with Crippen molar-refractivity contribution in [3.8, 4) is 5.75 Å².